The number of hydrogen-bond acceptors (Lipinski definition) is 4. The molecule has 1 aromatic rings. The Balaban J connectivity index is 3.32. The molecular weight excluding hydrogens is 224 g/mol. The average molecular weight is 233 g/mol. The second kappa shape index (κ2) is 4.37. The van der Waals surface area contributed by atoms with Gasteiger partial charge in [0.05, 0.1) is 17.7 Å². The van der Waals surface area contributed by atoms with Gasteiger partial charge in [-0.15, -0.1) is 0 Å². The van der Waals surface area contributed by atoms with E-state index >= 15 is 0 Å². The summed E-state index contributed by atoms with van der Waals surface area (Å²) in [6, 6.07) is 2.71. The fourth-order valence-electron chi connectivity index (χ4n) is 1.11. The highest BCUT2D eigenvalue weighted by Gasteiger charge is 2.25. The number of methoxy groups -OCH3 is 1. The van der Waals surface area contributed by atoms with Crippen LogP contribution in [0.15, 0.2) is 12.1 Å². The van der Waals surface area contributed by atoms with E-state index in [2.05, 4.69) is 0 Å². The topological polar surface area (TPSA) is 87.0 Å². The van der Waals surface area contributed by atoms with Gasteiger partial charge in [0.25, 0.3) is 0 Å². The van der Waals surface area contributed by atoms with Crippen molar-refractivity contribution in [3.05, 3.63) is 22.7 Å². The van der Waals surface area contributed by atoms with Crippen molar-refractivity contribution in [2.75, 3.05) is 7.11 Å². The Morgan fingerprint density at radius 1 is 1.53 bits per heavy atom. The van der Waals surface area contributed by atoms with Gasteiger partial charge in [-0.1, -0.05) is 11.6 Å². The number of aromatic hydroxyl groups is 1. The van der Waals surface area contributed by atoms with Gasteiger partial charge in [-0.3, -0.25) is 0 Å². The van der Waals surface area contributed by atoms with Crippen LogP contribution in [0.4, 0.5) is 0 Å². The molecule has 0 radical (unpaired) electrons. The highest BCUT2D eigenvalue weighted by Crippen LogP contribution is 2.38. The molecular formula is C9H9ClO5. The number of aliphatic hydroxyl groups is 1. The van der Waals surface area contributed by atoms with Crippen molar-refractivity contribution in [1.82, 2.24) is 0 Å². The van der Waals surface area contributed by atoms with Gasteiger partial charge in [0, 0.05) is 0 Å². The van der Waals surface area contributed by atoms with Crippen LogP contribution in [0.5, 0.6) is 11.5 Å². The lowest BCUT2D eigenvalue weighted by Crippen LogP contribution is -2.11. The number of ether oxygens (including phenoxy) is 1. The number of benzene rings is 1. The van der Waals surface area contributed by atoms with Gasteiger partial charge in [-0.2, -0.15) is 0 Å². The molecule has 0 bridgehead atoms. The molecule has 0 aromatic heterocycles. The molecule has 1 unspecified atom stereocenters. The summed E-state index contributed by atoms with van der Waals surface area (Å²) in [4.78, 5) is 10.5. The minimum absolute atomic E-state index is 0.0387. The first-order valence-corrected chi connectivity index (χ1v) is 4.33. The van der Waals surface area contributed by atoms with Crippen LogP contribution in [0, 0.1) is 0 Å². The predicted octanol–water partition coefficient (Wildman–Crippen LogP) is 1.17. The summed E-state index contributed by atoms with van der Waals surface area (Å²) >= 11 is 5.66. The van der Waals surface area contributed by atoms with E-state index in [1.165, 1.54) is 19.2 Å². The zero-order chi connectivity index (χ0) is 11.6. The summed E-state index contributed by atoms with van der Waals surface area (Å²) < 4.78 is 4.76. The van der Waals surface area contributed by atoms with Crippen molar-refractivity contribution >= 4 is 17.6 Å². The average Bonchev–Trinajstić information content (AvgIpc) is 2.17. The second-order valence-electron chi connectivity index (χ2n) is 2.75. The minimum Gasteiger partial charge on any atom is -0.504 e. The zero-order valence-corrected chi connectivity index (χ0v) is 8.52. The molecule has 82 valence electrons. The Morgan fingerprint density at radius 2 is 2.13 bits per heavy atom. The molecule has 5 nitrogen and oxygen atoms in total. The van der Waals surface area contributed by atoms with Crippen LogP contribution < -0.4 is 4.74 Å². The summed E-state index contributed by atoms with van der Waals surface area (Å²) in [5.41, 5.74) is -0.275. The lowest BCUT2D eigenvalue weighted by molar-refractivity contribution is -0.147. The first-order valence-electron chi connectivity index (χ1n) is 3.95. The molecule has 0 spiro atoms. The van der Waals surface area contributed by atoms with Crippen LogP contribution >= 0.6 is 11.6 Å². The van der Waals surface area contributed by atoms with Crippen molar-refractivity contribution in [3.8, 4) is 11.5 Å². The summed E-state index contributed by atoms with van der Waals surface area (Å²) in [6.07, 6.45) is -1.88. The molecule has 1 rings (SSSR count). The van der Waals surface area contributed by atoms with E-state index in [-0.39, 0.29) is 16.3 Å². The first kappa shape index (κ1) is 11.6. The quantitative estimate of drug-likeness (QED) is 0.728. The van der Waals surface area contributed by atoms with E-state index in [0.29, 0.717) is 0 Å². The smallest absolute Gasteiger partial charge is 0.337 e. The van der Waals surface area contributed by atoms with E-state index in [1.807, 2.05) is 0 Å². The molecule has 3 N–H and O–H groups in total. The Bertz CT molecular complexity index is 390. The van der Waals surface area contributed by atoms with Crippen LogP contribution in [0.1, 0.15) is 11.7 Å². The Morgan fingerprint density at radius 3 is 2.60 bits per heavy atom. The molecule has 0 amide bonds. The number of carboxylic acids is 1. The van der Waals surface area contributed by atoms with Crippen LogP contribution in [0.2, 0.25) is 5.02 Å². The molecule has 15 heavy (non-hydrogen) atoms. The number of halogens is 1. The number of phenolic OH excluding ortho intramolecular Hbond substituents is 1. The normalized spacial score (nSPS) is 12.2. The van der Waals surface area contributed by atoms with E-state index in [0.717, 1.165) is 0 Å². The fraction of sp³-hybridized carbons (Fsp3) is 0.222. The maximum absolute atomic E-state index is 10.5. The van der Waals surface area contributed by atoms with Crippen molar-refractivity contribution in [3.63, 3.8) is 0 Å². The summed E-state index contributed by atoms with van der Waals surface area (Å²) in [6.45, 7) is 0. The summed E-state index contributed by atoms with van der Waals surface area (Å²) in [5.74, 6) is -1.92. The van der Waals surface area contributed by atoms with Crippen molar-refractivity contribution in [1.29, 1.82) is 0 Å². The van der Waals surface area contributed by atoms with Gasteiger partial charge in [-0.25, -0.2) is 4.79 Å². The zero-order valence-electron chi connectivity index (χ0n) is 7.77. The number of carbonyl (C=O) groups is 1. The maximum Gasteiger partial charge on any atom is 0.337 e. The molecule has 0 heterocycles. The molecule has 0 aliphatic carbocycles. The van der Waals surface area contributed by atoms with Crippen molar-refractivity contribution in [2.45, 2.75) is 6.10 Å². The van der Waals surface area contributed by atoms with Gasteiger partial charge in [0.2, 0.25) is 0 Å². The largest absolute Gasteiger partial charge is 0.504 e. The maximum atomic E-state index is 10.5. The standard InChI is InChI=1S/C9H9ClO5/c1-15-5-3-2-4(10)6(7(5)11)8(12)9(13)14/h2-3,8,11-12H,1H3,(H,13,14). The summed E-state index contributed by atoms with van der Waals surface area (Å²) in [7, 11) is 1.31. The van der Waals surface area contributed by atoms with Gasteiger partial charge >= 0.3 is 5.97 Å². The summed E-state index contributed by atoms with van der Waals surface area (Å²) in [5, 5.41) is 27.4. The minimum atomic E-state index is -1.88. The molecule has 0 aliphatic rings. The number of hydrogen-bond donors (Lipinski definition) is 3. The van der Waals surface area contributed by atoms with Gasteiger partial charge < -0.3 is 20.1 Å². The molecule has 6 heteroatoms. The van der Waals surface area contributed by atoms with Gasteiger partial charge in [0.15, 0.2) is 17.6 Å². The van der Waals surface area contributed by atoms with Gasteiger partial charge in [-0.05, 0) is 12.1 Å². The lowest BCUT2D eigenvalue weighted by Gasteiger charge is -2.12. The van der Waals surface area contributed by atoms with Gasteiger partial charge in [0.1, 0.15) is 0 Å². The molecule has 0 saturated carbocycles. The Kier molecular flexibility index (Phi) is 3.39. The Hall–Kier alpha value is -1.46. The van der Waals surface area contributed by atoms with Crippen LogP contribution in [-0.2, 0) is 4.79 Å². The van der Waals surface area contributed by atoms with Crippen LogP contribution in [0.25, 0.3) is 0 Å². The molecule has 1 aromatic carbocycles. The predicted molar refractivity (Wildman–Crippen MR) is 52.3 cm³/mol. The molecule has 0 saturated heterocycles. The van der Waals surface area contributed by atoms with E-state index in [9.17, 15) is 15.0 Å². The number of aliphatic carboxylic acids is 1. The third kappa shape index (κ3) is 2.14. The number of carboxylic acid groups (broad SMARTS) is 1. The lowest BCUT2D eigenvalue weighted by atomic mass is 10.1. The number of rotatable bonds is 3. The van der Waals surface area contributed by atoms with Crippen LogP contribution in [0.3, 0.4) is 0 Å². The van der Waals surface area contributed by atoms with E-state index < -0.39 is 17.8 Å². The molecule has 1 atom stereocenters. The Labute approximate surface area is 90.5 Å². The fourth-order valence-corrected chi connectivity index (χ4v) is 1.37. The van der Waals surface area contributed by atoms with E-state index in [4.69, 9.17) is 21.4 Å². The molecule has 0 fully saturated rings. The van der Waals surface area contributed by atoms with E-state index in [1.54, 1.807) is 0 Å². The SMILES string of the molecule is COc1ccc(Cl)c(C(O)C(=O)O)c1O. The number of phenols is 1. The molecule has 0 aliphatic heterocycles. The second-order valence-corrected chi connectivity index (χ2v) is 3.16. The third-order valence-electron chi connectivity index (χ3n) is 1.85. The first-order chi connectivity index (χ1) is 6.99. The highest BCUT2D eigenvalue weighted by molar-refractivity contribution is 6.31. The highest BCUT2D eigenvalue weighted by atomic mass is 35.5. The van der Waals surface area contributed by atoms with Crippen LogP contribution in [-0.4, -0.2) is 28.4 Å². The van der Waals surface area contributed by atoms with Crippen molar-refractivity contribution < 1.29 is 24.9 Å². The number of aliphatic hydroxyl groups excluding tert-OH is 1. The van der Waals surface area contributed by atoms with Crippen molar-refractivity contribution in [2.24, 2.45) is 0 Å². The third-order valence-corrected chi connectivity index (χ3v) is 2.18. The monoisotopic (exact) mass is 232 g/mol.